The van der Waals surface area contributed by atoms with E-state index in [0.29, 0.717) is 35.6 Å². The summed E-state index contributed by atoms with van der Waals surface area (Å²) in [7, 11) is 1.25. The van der Waals surface area contributed by atoms with E-state index in [9.17, 15) is 22.8 Å². The van der Waals surface area contributed by atoms with Crippen LogP contribution in [0.5, 0.6) is 0 Å². The van der Waals surface area contributed by atoms with Crippen molar-refractivity contribution < 1.29 is 27.5 Å². The Morgan fingerprint density at radius 1 is 1.18 bits per heavy atom. The maximum Gasteiger partial charge on any atom is 0.417 e. The van der Waals surface area contributed by atoms with Gasteiger partial charge < -0.3 is 19.9 Å². The van der Waals surface area contributed by atoms with Crippen molar-refractivity contribution in [1.29, 1.82) is 0 Å². The molecule has 1 aliphatic heterocycles. The van der Waals surface area contributed by atoms with Gasteiger partial charge in [-0.05, 0) is 60.1 Å². The number of alkyl carbamates (subject to hydrolysis) is 1. The third-order valence-corrected chi connectivity index (χ3v) is 7.36. The molecule has 1 fully saturated rings. The highest BCUT2D eigenvalue weighted by Gasteiger charge is 2.37. The molecule has 0 spiro atoms. The number of carbonyl (C=O) groups is 2. The average Bonchev–Trinajstić information content (AvgIpc) is 3.57. The molecule has 0 radical (unpaired) electrons. The third-order valence-electron chi connectivity index (χ3n) is 6.95. The maximum atomic E-state index is 13.7. The van der Waals surface area contributed by atoms with Gasteiger partial charge in [0.05, 0.1) is 30.6 Å². The quantitative estimate of drug-likeness (QED) is 0.347. The molecule has 0 saturated carbocycles. The van der Waals surface area contributed by atoms with E-state index in [1.54, 1.807) is 35.4 Å². The Hall–Kier alpha value is -3.53. The summed E-state index contributed by atoms with van der Waals surface area (Å²) in [4.78, 5) is 34.6. The van der Waals surface area contributed by atoms with Gasteiger partial charge in [-0.25, -0.2) is 9.78 Å². The number of alkyl halides is 3. The first-order chi connectivity index (χ1) is 18.4. The Labute approximate surface area is 229 Å². The number of ether oxygens (including phenoxy) is 1. The summed E-state index contributed by atoms with van der Waals surface area (Å²) in [6.45, 7) is 5.76. The van der Waals surface area contributed by atoms with Gasteiger partial charge in [-0.3, -0.25) is 4.79 Å². The van der Waals surface area contributed by atoms with Gasteiger partial charge in [0.15, 0.2) is 0 Å². The van der Waals surface area contributed by atoms with Crippen LogP contribution in [0.15, 0.2) is 42.6 Å². The molecule has 0 aliphatic carbocycles. The van der Waals surface area contributed by atoms with E-state index < -0.39 is 23.9 Å². The van der Waals surface area contributed by atoms with Crippen molar-refractivity contribution in [2.45, 2.75) is 51.9 Å². The lowest BCUT2D eigenvalue weighted by Gasteiger charge is -2.30. The number of aromatic nitrogens is 2. The van der Waals surface area contributed by atoms with Crippen molar-refractivity contribution in [2.75, 3.05) is 13.7 Å². The Kier molecular flexibility index (Phi) is 8.25. The molecule has 3 aromatic rings. The zero-order valence-electron chi connectivity index (χ0n) is 22.0. The minimum atomic E-state index is -4.52. The summed E-state index contributed by atoms with van der Waals surface area (Å²) in [6, 6.07) is 8.03. The molecule has 2 N–H and O–H groups in total. The number of hydrogen-bond donors (Lipinski definition) is 2. The molecule has 1 aromatic heterocycles. The number of amides is 2. The molecule has 2 atom stereocenters. The second-order valence-corrected chi connectivity index (χ2v) is 10.4. The number of nitrogens with one attached hydrogen (secondary N) is 2. The first-order valence-corrected chi connectivity index (χ1v) is 13.0. The monoisotopic (exact) mass is 562 g/mol. The first-order valence-electron chi connectivity index (χ1n) is 12.6. The normalized spacial score (nSPS) is 16.4. The number of carbonyl (C=O) groups excluding carboxylic acids is 2. The molecule has 1 aliphatic rings. The van der Waals surface area contributed by atoms with Crippen molar-refractivity contribution in [1.82, 2.24) is 20.2 Å². The lowest BCUT2D eigenvalue weighted by atomic mass is 9.96. The van der Waals surface area contributed by atoms with E-state index >= 15 is 0 Å². The number of nitrogens with zero attached hydrogens (tertiary/aromatic N) is 2. The predicted molar refractivity (Wildman–Crippen MR) is 142 cm³/mol. The molecule has 2 amide bonds. The van der Waals surface area contributed by atoms with Crippen molar-refractivity contribution in [3.8, 4) is 22.4 Å². The molecule has 208 valence electrons. The molecule has 2 heterocycles. The Morgan fingerprint density at radius 2 is 1.85 bits per heavy atom. The smallest absolute Gasteiger partial charge is 0.417 e. The summed E-state index contributed by atoms with van der Waals surface area (Å²) in [5, 5.41) is 2.88. The molecule has 11 heteroatoms. The molecule has 2 aromatic carbocycles. The Balaban J connectivity index is 1.57. The van der Waals surface area contributed by atoms with Crippen LogP contribution in [0.25, 0.3) is 22.4 Å². The molecule has 0 bridgehead atoms. The minimum Gasteiger partial charge on any atom is -0.453 e. The van der Waals surface area contributed by atoms with Crippen molar-refractivity contribution >= 4 is 23.6 Å². The van der Waals surface area contributed by atoms with Gasteiger partial charge in [-0.2, -0.15) is 13.2 Å². The number of halogens is 4. The largest absolute Gasteiger partial charge is 0.453 e. The highest BCUT2D eigenvalue weighted by atomic mass is 35.5. The van der Waals surface area contributed by atoms with Crippen LogP contribution < -0.4 is 5.32 Å². The number of benzene rings is 2. The number of H-pyrrole nitrogens is 1. The lowest BCUT2D eigenvalue weighted by Crippen LogP contribution is -2.51. The number of methoxy groups -OCH3 is 1. The van der Waals surface area contributed by atoms with E-state index in [1.165, 1.54) is 20.1 Å². The second-order valence-electron chi connectivity index (χ2n) is 9.95. The van der Waals surface area contributed by atoms with E-state index in [-0.39, 0.29) is 28.5 Å². The Morgan fingerprint density at radius 3 is 2.46 bits per heavy atom. The van der Waals surface area contributed by atoms with Gasteiger partial charge in [-0.15, -0.1) is 0 Å². The SMILES string of the molecule is COC(=O)NC(C(=O)N1CCCC1c1ncc(-c2ccc(-c3cc(Cl)c(C)cc3C(F)(F)F)cc2)[nH]1)C(C)C. The summed E-state index contributed by atoms with van der Waals surface area (Å²) in [5.41, 5.74) is 1.41. The van der Waals surface area contributed by atoms with Crippen LogP contribution in [0.2, 0.25) is 5.02 Å². The molecular weight excluding hydrogens is 533 g/mol. The van der Waals surface area contributed by atoms with E-state index in [2.05, 4.69) is 20.0 Å². The fourth-order valence-electron chi connectivity index (χ4n) is 4.83. The number of aryl methyl sites for hydroxylation is 1. The van der Waals surface area contributed by atoms with Gasteiger partial charge in [0.25, 0.3) is 0 Å². The van der Waals surface area contributed by atoms with Crippen molar-refractivity contribution in [2.24, 2.45) is 5.92 Å². The molecule has 7 nitrogen and oxygen atoms in total. The van der Waals surface area contributed by atoms with E-state index in [1.807, 2.05) is 13.8 Å². The number of hydrogen-bond acceptors (Lipinski definition) is 4. The van der Waals surface area contributed by atoms with E-state index in [0.717, 1.165) is 18.1 Å². The van der Waals surface area contributed by atoms with Crippen LogP contribution in [-0.2, 0) is 15.7 Å². The van der Waals surface area contributed by atoms with E-state index in [4.69, 9.17) is 11.6 Å². The lowest BCUT2D eigenvalue weighted by molar-refractivity contribution is -0.137. The van der Waals surface area contributed by atoms with Crippen LogP contribution >= 0.6 is 11.6 Å². The first kappa shape index (κ1) is 28.5. The maximum absolute atomic E-state index is 13.7. The zero-order chi connectivity index (χ0) is 28.5. The summed E-state index contributed by atoms with van der Waals surface area (Å²) >= 11 is 6.15. The van der Waals surface area contributed by atoms with Crippen molar-refractivity contribution in [3.05, 3.63) is 64.6 Å². The zero-order valence-corrected chi connectivity index (χ0v) is 22.8. The second kappa shape index (κ2) is 11.3. The van der Waals surface area contributed by atoms with Gasteiger partial charge >= 0.3 is 12.3 Å². The minimum absolute atomic E-state index is 0.00957. The summed E-state index contributed by atoms with van der Waals surface area (Å²) in [5.74, 6) is 0.243. The fraction of sp³-hybridized carbons (Fsp3) is 0.393. The number of imidazole rings is 1. The third kappa shape index (κ3) is 6.06. The highest BCUT2D eigenvalue weighted by Crippen LogP contribution is 2.40. The van der Waals surface area contributed by atoms with Gasteiger partial charge in [0.2, 0.25) is 5.91 Å². The van der Waals surface area contributed by atoms with Crippen LogP contribution in [-0.4, -0.2) is 46.6 Å². The number of aromatic amines is 1. The van der Waals surface area contributed by atoms with Gasteiger partial charge in [0, 0.05) is 11.6 Å². The fourth-order valence-corrected chi connectivity index (χ4v) is 4.99. The van der Waals surface area contributed by atoms with Crippen molar-refractivity contribution in [3.63, 3.8) is 0 Å². The number of likely N-dealkylation sites (tertiary alicyclic amines) is 1. The standard InChI is InChI=1S/C28H30ClF3N4O3/c1-15(2)24(35-27(38)39-4)26(37)36-11-5-6-23(36)25-33-14-22(34-25)18-9-7-17(8-10-18)19-13-21(29)16(3)12-20(19)28(30,31)32/h7-10,12-15,23-24H,5-6,11H2,1-4H3,(H,33,34)(H,35,38). The molecule has 1 saturated heterocycles. The Bertz CT molecular complexity index is 1360. The summed E-state index contributed by atoms with van der Waals surface area (Å²) < 4.78 is 45.8. The number of rotatable bonds is 6. The van der Waals surface area contributed by atoms with Crippen LogP contribution in [0.3, 0.4) is 0 Å². The molecule has 39 heavy (non-hydrogen) atoms. The topological polar surface area (TPSA) is 87.3 Å². The molecule has 4 rings (SSSR count). The predicted octanol–water partition coefficient (Wildman–Crippen LogP) is 6.77. The highest BCUT2D eigenvalue weighted by molar-refractivity contribution is 6.31. The molecule has 2 unspecified atom stereocenters. The van der Waals surface area contributed by atoms with Gasteiger partial charge in [0.1, 0.15) is 11.9 Å². The average molecular weight is 563 g/mol. The van der Waals surface area contributed by atoms with Crippen LogP contribution in [0, 0.1) is 12.8 Å². The molecular formula is C28H30ClF3N4O3. The van der Waals surface area contributed by atoms with Crippen LogP contribution in [0.1, 0.15) is 49.7 Å². The van der Waals surface area contributed by atoms with Crippen LogP contribution in [0.4, 0.5) is 18.0 Å². The van der Waals surface area contributed by atoms with Gasteiger partial charge in [-0.1, -0.05) is 49.7 Å². The summed E-state index contributed by atoms with van der Waals surface area (Å²) in [6.07, 6.45) is -2.06.